The molecule has 0 atom stereocenters. The van der Waals surface area contributed by atoms with Crippen LogP contribution in [0.25, 0.3) is 0 Å². The standard InChI is InChI=1S/C17H19F3N4O/c1-11-9-12(2)23-16(22-11)25-15-10-13(17(18,19)20)3-4-14(15)24-7-5-21-6-8-24/h3-4,9-10,21H,5-8H2,1-2H3. The molecule has 25 heavy (non-hydrogen) atoms. The fourth-order valence-corrected chi connectivity index (χ4v) is 2.78. The highest BCUT2D eigenvalue weighted by Crippen LogP contribution is 2.38. The fourth-order valence-electron chi connectivity index (χ4n) is 2.78. The zero-order valence-electron chi connectivity index (χ0n) is 14.0. The third-order valence-electron chi connectivity index (χ3n) is 3.91. The van der Waals surface area contributed by atoms with Crippen LogP contribution < -0.4 is 15.0 Å². The summed E-state index contributed by atoms with van der Waals surface area (Å²) in [4.78, 5) is 10.3. The Kier molecular flexibility index (Phi) is 4.80. The van der Waals surface area contributed by atoms with Gasteiger partial charge >= 0.3 is 12.2 Å². The van der Waals surface area contributed by atoms with Crippen molar-refractivity contribution in [3.8, 4) is 11.8 Å². The molecule has 5 nitrogen and oxygen atoms in total. The molecule has 0 spiro atoms. The zero-order chi connectivity index (χ0) is 18.0. The average Bonchev–Trinajstić information content (AvgIpc) is 2.54. The summed E-state index contributed by atoms with van der Waals surface area (Å²) in [6.07, 6.45) is -4.44. The third-order valence-corrected chi connectivity index (χ3v) is 3.91. The number of aromatic nitrogens is 2. The summed E-state index contributed by atoms with van der Waals surface area (Å²) in [6.45, 7) is 6.47. The molecular weight excluding hydrogens is 333 g/mol. The lowest BCUT2D eigenvalue weighted by atomic mass is 10.1. The van der Waals surface area contributed by atoms with E-state index in [1.807, 2.05) is 4.90 Å². The van der Waals surface area contributed by atoms with Crippen LogP contribution >= 0.6 is 0 Å². The first-order valence-electron chi connectivity index (χ1n) is 8.00. The van der Waals surface area contributed by atoms with Gasteiger partial charge in [0, 0.05) is 37.6 Å². The Hall–Kier alpha value is -2.35. The van der Waals surface area contributed by atoms with Crippen LogP contribution in [0.3, 0.4) is 0 Å². The fraction of sp³-hybridized carbons (Fsp3) is 0.412. The van der Waals surface area contributed by atoms with Gasteiger partial charge in [0.1, 0.15) is 0 Å². The topological polar surface area (TPSA) is 50.3 Å². The van der Waals surface area contributed by atoms with Crippen molar-refractivity contribution in [2.45, 2.75) is 20.0 Å². The molecule has 1 aromatic carbocycles. The van der Waals surface area contributed by atoms with Crippen LogP contribution in [0.15, 0.2) is 24.3 Å². The number of halogens is 3. The Bertz CT molecular complexity index is 738. The number of rotatable bonds is 3. The van der Waals surface area contributed by atoms with Crippen LogP contribution in [0.4, 0.5) is 18.9 Å². The maximum absolute atomic E-state index is 13.1. The lowest BCUT2D eigenvalue weighted by Gasteiger charge is -2.30. The highest BCUT2D eigenvalue weighted by Gasteiger charge is 2.32. The predicted molar refractivity (Wildman–Crippen MR) is 88.1 cm³/mol. The van der Waals surface area contributed by atoms with Crippen LogP contribution in [0.5, 0.6) is 11.8 Å². The number of anilines is 1. The summed E-state index contributed by atoms with van der Waals surface area (Å²) in [5, 5.41) is 3.22. The summed E-state index contributed by atoms with van der Waals surface area (Å²) in [5.74, 6) is 0.113. The molecule has 0 bridgehead atoms. The van der Waals surface area contributed by atoms with Gasteiger partial charge in [0.25, 0.3) is 0 Å². The number of nitrogens with zero attached hydrogens (tertiary/aromatic N) is 3. The second-order valence-electron chi connectivity index (χ2n) is 5.95. The van der Waals surface area contributed by atoms with E-state index >= 15 is 0 Å². The van der Waals surface area contributed by atoms with E-state index in [-0.39, 0.29) is 11.8 Å². The largest absolute Gasteiger partial charge is 0.422 e. The molecular formula is C17H19F3N4O. The second kappa shape index (κ2) is 6.87. The Balaban J connectivity index is 2.00. The van der Waals surface area contributed by atoms with Crippen molar-refractivity contribution in [2.24, 2.45) is 0 Å². The van der Waals surface area contributed by atoms with E-state index in [1.165, 1.54) is 6.07 Å². The predicted octanol–water partition coefficient (Wildman–Crippen LogP) is 3.31. The van der Waals surface area contributed by atoms with E-state index in [4.69, 9.17) is 4.74 Å². The summed E-state index contributed by atoms with van der Waals surface area (Å²) < 4.78 is 45.0. The molecule has 1 saturated heterocycles. The molecule has 1 aliphatic rings. The van der Waals surface area contributed by atoms with E-state index in [9.17, 15) is 13.2 Å². The first kappa shape index (κ1) is 17.5. The minimum atomic E-state index is -4.44. The number of ether oxygens (including phenoxy) is 1. The summed E-state index contributed by atoms with van der Waals surface area (Å²) in [5.41, 5.74) is 1.24. The molecule has 8 heteroatoms. The number of piperazine rings is 1. The number of aryl methyl sites for hydroxylation is 2. The summed E-state index contributed by atoms with van der Waals surface area (Å²) in [6, 6.07) is 5.36. The number of nitrogens with one attached hydrogen (secondary N) is 1. The SMILES string of the molecule is Cc1cc(C)nc(Oc2cc(C(F)(F)F)ccc2N2CCNCC2)n1. The average molecular weight is 352 g/mol. The quantitative estimate of drug-likeness (QED) is 0.918. The molecule has 0 radical (unpaired) electrons. The van der Waals surface area contributed by atoms with Gasteiger partial charge in [-0.25, -0.2) is 9.97 Å². The number of hydrogen-bond donors (Lipinski definition) is 1. The van der Waals surface area contributed by atoms with Crippen molar-refractivity contribution in [3.63, 3.8) is 0 Å². The van der Waals surface area contributed by atoms with Gasteiger partial charge in [-0.05, 0) is 38.1 Å². The van der Waals surface area contributed by atoms with Gasteiger partial charge in [-0.2, -0.15) is 13.2 Å². The smallest absolute Gasteiger partial charge is 0.416 e. The Morgan fingerprint density at radius 2 is 1.68 bits per heavy atom. The first-order chi connectivity index (χ1) is 11.8. The molecule has 1 fully saturated rings. The Labute approximate surface area is 143 Å². The number of hydrogen-bond acceptors (Lipinski definition) is 5. The van der Waals surface area contributed by atoms with Gasteiger partial charge in [-0.1, -0.05) is 0 Å². The van der Waals surface area contributed by atoms with Crippen molar-refractivity contribution in [2.75, 3.05) is 31.1 Å². The highest BCUT2D eigenvalue weighted by molar-refractivity contribution is 5.61. The van der Waals surface area contributed by atoms with E-state index < -0.39 is 11.7 Å². The van der Waals surface area contributed by atoms with Crippen LogP contribution in [0.1, 0.15) is 17.0 Å². The first-order valence-corrected chi connectivity index (χ1v) is 8.00. The minimum absolute atomic E-state index is 0.0493. The molecule has 0 aliphatic carbocycles. The van der Waals surface area contributed by atoms with Crippen molar-refractivity contribution < 1.29 is 17.9 Å². The Morgan fingerprint density at radius 1 is 1.04 bits per heavy atom. The van der Waals surface area contributed by atoms with Crippen molar-refractivity contribution >= 4 is 5.69 Å². The third kappa shape index (κ3) is 4.19. The molecule has 1 aliphatic heterocycles. The van der Waals surface area contributed by atoms with Crippen molar-refractivity contribution in [1.82, 2.24) is 15.3 Å². The molecule has 0 amide bonds. The van der Waals surface area contributed by atoms with Gasteiger partial charge in [0.05, 0.1) is 11.3 Å². The Morgan fingerprint density at radius 3 is 2.28 bits per heavy atom. The maximum atomic E-state index is 13.1. The molecule has 2 heterocycles. The summed E-state index contributed by atoms with van der Waals surface area (Å²) >= 11 is 0. The number of alkyl halides is 3. The van der Waals surface area contributed by atoms with Gasteiger partial charge in [-0.3, -0.25) is 0 Å². The van der Waals surface area contributed by atoms with Gasteiger partial charge < -0.3 is 15.0 Å². The lowest BCUT2D eigenvalue weighted by Crippen LogP contribution is -2.43. The van der Waals surface area contributed by atoms with E-state index in [0.717, 1.165) is 25.2 Å². The molecule has 1 aromatic heterocycles. The van der Waals surface area contributed by atoms with E-state index in [1.54, 1.807) is 19.9 Å². The molecule has 3 rings (SSSR count). The van der Waals surface area contributed by atoms with Crippen LogP contribution in [0.2, 0.25) is 0 Å². The van der Waals surface area contributed by atoms with E-state index in [0.29, 0.717) is 30.2 Å². The van der Waals surface area contributed by atoms with Crippen LogP contribution in [-0.4, -0.2) is 36.1 Å². The van der Waals surface area contributed by atoms with Crippen LogP contribution in [-0.2, 0) is 6.18 Å². The molecule has 134 valence electrons. The monoisotopic (exact) mass is 352 g/mol. The van der Waals surface area contributed by atoms with Crippen LogP contribution in [0, 0.1) is 13.8 Å². The highest BCUT2D eigenvalue weighted by atomic mass is 19.4. The zero-order valence-corrected chi connectivity index (χ0v) is 14.0. The van der Waals surface area contributed by atoms with E-state index in [2.05, 4.69) is 15.3 Å². The summed E-state index contributed by atoms with van der Waals surface area (Å²) in [7, 11) is 0. The molecule has 0 unspecified atom stereocenters. The van der Waals surface area contributed by atoms with Crippen molar-refractivity contribution in [1.29, 1.82) is 0 Å². The minimum Gasteiger partial charge on any atom is -0.422 e. The lowest BCUT2D eigenvalue weighted by molar-refractivity contribution is -0.137. The molecule has 1 N–H and O–H groups in total. The second-order valence-corrected chi connectivity index (χ2v) is 5.95. The van der Waals surface area contributed by atoms with Gasteiger partial charge in [0.15, 0.2) is 5.75 Å². The maximum Gasteiger partial charge on any atom is 0.416 e. The normalized spacial score (nSPS) is 15.3. The molecule has 0 saturated carbocycles. The number of benzene rings is 1. The van der Waals surface area contributed by atoms with Gasteiger partial charge in [0.2, 0.25) is 0 Å². The van der Waals surface area contributed by atoms with Gasteiger partial charge in [-0.15, -0.1) is 0 Å². The van der Waals surface area contributed by atoms with Crippen molar-refractivity contribution in [3.05, 3.63) is 41.2 Å². The molecule has 2 aromatic rings.